The van der Waals surface area contributed by atoms with E-state index < -0.39 is 5.82 Å². The smallest absolute Gasteiger partial charge is 0.232 e. The third kappa shape index (κ3) is 3.31. The molecule has 4 aromatic rings. The maximum absolute atomic E-state index is 13.8. The van der Waals surface area contributed by atoms with Gasteiger partial charge in [-0.15, -0.1) is 22.7 Å². The number of hydrogen-bond acceptors (Lipinski definition) is 6. The van der Waals surface area contributed by atoms with E-state index in [2.05, 4.69) is 15.3 Å². The summed E-state index contributed by atoms with van der Waals surface area (Å²) in [7, 11) is 1.41. The van der Waals surface area contributed by atoms with Gasteiger partial charge in [0, 0.05) is 28.7 Å². The SMILES string of the molecule is COc1ccc(-c2csc(NC(=O)Cc3cn4ccsc4n3)n2)cc1F. The van der Waals surface area contributed by atoms with Gasteiger partial charge in [-0.05, 0) is 18.2 Å². The number of nitrogens with zero attached hydrogens (tertiary/aromatic N) is 3. The predicted molar refractivity (Wildman–Crippen MR) is 99.5 cm³/mol. The number of anilines is 1. The molecule has 0 radical (unpaired) electrons. The number of imidazole rings is 1. The minimum Gasteiger partial charge on any atom is -0.494 e. The van der Waals surface area contributed by atoms with Crippen molar-refractivity contribution in [2.75, 3.05) is 12.4 Å². The maximum Gasteiger partial charge on any atom is 0.232 e. The summed E-state index contributed by atoms with van der Waals surface area (Å²) in [5, 5.41) is 6.92. The van der Waals surface area contributed by atoms with Crippen molar-refractivity contribution < 1.29 is 13.9 Å². The van der Waals surface area contributed by atoms with Crippen molar-refractivity contribution in [2.24, 2.45) is 0 Å². The number of fused-ring (bicyclic) bond motifs is 1. The molecule has 0 aliphatic rings. The third-order valence-electron chi connectivity index (χ3n) is 3.68. The van der Waals surface area contributed by atoms with Gasteiger partial charge < -0.3 is 10.1 Å². The fourth-order valence-corrected chi connectivity index (χ4v) is 3.93. The summed E-state index contributed by atoms with van der Waals surface area (Å²) in [6, 6.07) is 4.63. The van der Waals surface area contributed by atoms with E-state index in [-0.39, 0.29) is 18.1 Å². The van der Waals surface area contributed by atoms with Crippen LogP contribution in [-0.4, -0.2) is 27.4 Å². The van der Waals surface area contributed by atoms with Crippen LogP contribution in [0.25, 0.3) is 16.2 Å². The van der Waals surface area contributed by atoms with Gasteiger partial charge in [0.1, 0.15) is 0 Å². The van der Waals surface area contributed by atoms with Crippen molar-refractivity contribution in [3.8, 4) is 17.0 Å². The van der Waals surface area contributed by atoms with Gasteiger partial charge in [0.05, 0.1) is 24.9 Å². The fourth-order valence-electron chi connectivity index (χ4n) is 2.48. The maximum atomic E-state index is 13.8. The van der Waals surface area contributed by atoms with E-state index in [4.69, 9.17) is 4.74 Å². The Balaban J connectivity index is 1.45. The number of carbonyl (C=O) groups excluding carboxylic acids is 1. The molecular weight excluding hydrogens is 375 g/mol. The Morgan fingerprint density at radius 3 is 3.00 bits per heavy atom. The lowest BCUT2D eigenvalue weighted by atomic mass is 10.1. The van der Waals surface area contributed by atoms with E-state index in [1.165, 1.54) is 35.8 Å². The summed E-state index contributed by atoms with van der Waals surface area (Å²) in [5.74, 6) is -0.474. The molecule has 0 saturated heterocycles. The van der Waals surface area contributed by atoms with E-state index in [0.29, 0.717) is 22.1 Å². The Hall–Kier alpha value is -2.78. The number of ether oxygens (including phenoxy) is 1. The molecule has 1 aromatic carbocycles. The Bertz CT molecular complexity index is 1060. The number of thiazole rings is 2. The number of amides is 1. The first-order chi connectivity index (χ1) is 12.6. The number of aromatic nitrogens is 3. The summed E-state index contributed by atoms with van der Waals surface area (Å²) >= 11 is 2.80. The van der Waals surface area contributed by atoms with Crippen molar-refractivity contribution in [3.05, 3.63) is 52.9 Å². The zero-order valence-electron chi connectivity index (χ0n) is 13.6. The van der Waals surface area contributed by atoms with Crippen molar-refractivity contribution in [1.82, 2.24) is 14.4 Å². The molecule has 0 fully saturated rings. The molecule has 6 nitrogen and oxygen atoms in total. The van der Waals surface area contributed by atoms with Crippen LogP contribution < -0.4 is 10.1 Å². The molecule has 0 spiro atoms. The number of rotatable bonds is 5. The van der Waals surface area contributed by atoms with E-state index in [1.54, 1.807) is 17.5 Å². The number of benzene rings is 1. The first kappa shape index (κ1) is 16.7. The molecule has 0 aliphatic heterocycles. The normalized spacial score (nSPS) is 11.0. The van der Waals surface area contributed by atoms with Crippen molar-refractivity contribution in [1.29, 1.82) is 0 Å². The van der Waals surface area contributed by atoms with Gasteiger partial charge in [-0.1, -0.05) is 0 Å². The molecule has 4 rings (SSSR count). The second-order valence-corrected chi connectivity index (χ2v) is 7.17. The number of carbonyl (C=O) groups is 1. The lowest BCUT2D eigenvalue weighted by Crippen LogP contribution is -2.14. The highest BCUT2D eigenvalue weighted by atomic mass is 32.1. The van der Waals surface area contributed by atoms with Gasteiger partial charge >= 0.3 is 0 Å². The molecule has 26 heavy (non-hydrogen) atoms. The lowest BCUT2D eigenvalue weighted by molar-refractivity contribution is -0.115. The standard InChI is InChI=1S/C17H13FN4O2S2/c1-24-14-3-2-10(6-12(14)18)13-9-26-16(20-13)21-15(23)7-11-8-22-4-5-25-17(22)19-11/h2-6,8-9H,7H2,1H3,(H,20,21,23). The van der Waals surface area contributed by atoms with Crippen molar-refractivity contribution in [3.63, 3.8) is 0 Å². The summed E-state index contributed by atoms with van der Waals surface area (Å²) < 4.78 is 20.6. The first-order valence-electron chi connectivity index (χ1n) is 7.63. The fraction of sp³-hybridized carbons (Fsp3) is 0.118. The number of methoxy groups -OCH3 is 1. The van der Waals surface area contributed by atoms with Crippen LogP contribution in [0.5, 0.6) is 5.75 Å². The molecule has 1 N–H and O–H groups in total. The van der Waals surface area contributed by atoms with Crippen LogP contribution in [0.4, 0.5) is 9.52 Å². The number of halogens is 1. The summed E-state index contributed by atoms with van der Waals surface area (Å²) in [6.45, 7) is 0. The van der Waals surface area contributed by atoms with Crippen LogP contribution in [0.3, 0.4) is 0 Å². The van der Waals surface area contributed by atoms with E-state index in [9.17, 15) is 9.18 Å². The van der Waals surface area contributed by atoms with E-state index in [1.807, 2.05) is 22.2 Å². The third-order valence-corrected chi connectivity index (χ3v) is 5.21. The molecule has 132 valence electrons. The number of nitrogens with one attached hydrogen (secondary N) is 1. The van der Waals surface area contributed by atoms with E-state index >= 15 is 0 Å². The van der Waals surface area contributed by atoms with Crippen molar-refractivity contribution in [2.45, 2.75) is 6.42 Å². The Labute approximate surface area is 155 Å². The van der Waals surface area contributed by atoms with Crippen LogP contribution in [0.15, 0.2) is 41.4 Å². The van der Waals surface area contributed by atoms with Crippen molar-refractivity contribution >= 4 is 38.7 Å². The Morgan fingerprint density at radius 2 is 2.23 bits per heavy atom. The van der Waals surface area contributed by atoms with Gasteiger partial charge in [0.2, 0.25) is 5.91 Å². The molecular formula is C17H13FN4O2S2. The Morgan fingerprint density at radius 1 is 1.35 bits per heavy atom. The topological polar surface area (TPSA) is 68.5 Å². The highest BCUT2D eigenvalue weighted by molar-refractivity contribution is 7.15. The van der Waals surface area contributed by atoms with Crippen LogP contribution >= 0.6 is 22.7 Å². The summed E-state index contributed by atoms with van der Waals surface area (Å²) in [4.78, 5) is 21.8. The van der Waals surface area contributed by atoms with Crippen LogP contribution in [-0.2, 0) is 11.2 Å². The Kier molecular flexibility index (Phi) is 4.39. The minimum atomic E-state index is -0.455. The predicted octanol–water partition coefficient (Wildman–Crippen LogP) is 3.85. The lowest BCUT2D eigenvalue weighted by Gasteiger charge is -2.03. The van der Waals surface area contributed by atoms with Gasteiger partial charge in [-0.3, -0.25) is 9.20 Å². The molecule has 0 saturated carbocycles. The molecule has 0 unspecified atom stereocenters. The van der Waals surface area contributed by atoms with Gasteiger partial charge in [0.15, 0.2) is 21.7 Å². The molecule has 1 amide bonds. The highest BCUT2D eigenvalue weighted by Gasteiger charge is 2.12. The van der Waals surface area contributed by atoms with Gasteiger partial charge in [-0.25, -0.2) is 14.4 Å². The molecule has 3 aromatic heterocycles. The van der Waals surface area contributed by atoms with E-state index in [0.717, 1.165) is 4.96 Å². The zero-order valence-corrected chi connectivity index (χ0v) is 15.2. The summed E-state index contributed by atoms with van der Waals surface area (Å²) in [5.41, 5.74) is 1.91. The second kappa shape index (κ2) is 6.85. The van der Waals surface area contributed by atoms with Crippen LogP contribution in [0.1, 0.15) is 5.69 Å². The summed E-state index contributed by atoms with van der Waals surface area (Å²) in [6.07, 6.45) is 3.90. The highest BCUT2D eigenvalue weighted by Crippen LogP contribution is 2.28. The second-order valence-electron chi connectivity index (χ2n) is 5.44. The average Bonchev–Trinajstić information content (AvgIpc) is 3.31. The molecule has 0 atom stereocenters. The largest absolute Gasteiger partial charge is 0.494 e. The van der Waals surface area contributed by atoms with Gasteiger partial charge in [0.25, 0.3) is 0 Å². The molecule has 9 heteroatoms. The minimum absolute atomic E-state index is 0.167. The quantitative estimate of drug-likeness (QED) is 0.564. The zero-order chi connectivity index (χ0) is 18.1. The average molecular weight is 388 g/mol. The van der Waals surface area contributed by atoms with Crippen LogP contribution in [0, 0.1) is 5.82 Å². The molecule has 0 bridgehead atoms. The monoisotopic (exact) mass is 388 g/mol. The molecule has 0 aliphatic carbocycles. The molecule has 3 heterocycles. The van der Waals surface area contributed by atoms with Crippen LogP contribution in [0.2, 0.25) is 0 Å². The number of hydrogen-bond donors (Lipinski definition) is 1. The first-order valence-corrected chi connectivity index (χ1v) is 9.38. The van der Waals surface area contributed by atoms with Gasteiger partial charge in [-0.2, -0.15) is 0 Å².